The molecule has 0 saturated carbocycles. The fraction of sp³-hybridized carbons (Fsp3) is 0.385. The molecule has 0 bridgehead atoms. The van der Waals surface area contributed by atoms with Gasteiger partial charge in [-0.05, 0) is 18.6 Å². The van der Waals surface area contributed by atoms with Crippen molar-refractivity contribution in [3.8, 4) is 0 Å². The van der Waals surface area contributed by atoms with Gasteiger partial charge in [-0.2, -0.15) is 0 Å². The highest BCUT2D eigenvalue weighted by molar-refractivity contribution is 5.80. The second kappa shape index (κ2) is 7.88. The summed E-state index contributed by atoms with van der Waals surface area (Å²) in [6.45, 7) is 2.86. The molecule has 108 valence electrons. The van der Waals surface area contributed by atoms with Crippen molar-refractivity contribution in [2.45, 2.75) is 19.8 Å². The highest BCUT2D eigenvalue weighted by Gasteiger charge is 2.14. The molecule has 1 rings (SSSR count). The van der Waals surface area contributed by atoms with Crippen LogP contribution < -0.4 is 10.6 Å². The van der Waals surface area contributed by atoms with E-state index in [1.807, 2.05) is 6.92 Å². The summed E-state index contributed by atoms with van der Waals surface area (Å²) in [6.07, 6.45) is 1.64. The normalized spacial score (nSPS) is 9.85. The molecule has 0 aromatic heterocycles. The van der Waals surface area contributed by atoms with Gasteiger partial charge >= 0.3 is 0 Å². The quantitative estimate of drug-likeness (QED) is 0.428. The molecule has 7 nitrogen and oxygen atoms in total. The van der Waals surface area contributed by atoms with E-state index in [1.165, 1.54) is 18.2 Å². The van der Waals surface area contributed by atoms with Gasteiger partial charge in [-0.15, -0.1) is 0 Å². The average Bonchev–Trinajstić information content (AvgIpc) is 2.45. The zero-order chi connectivity index (χ0) is 15.0. The summed E-state index contributed by atoms with van der Waals surface area (Å²) < 4.78 is 0. The number of carbonyl (C=O) groups is 2. The Morgan fingerprint density at radius 2 is 2.15 bits per heavy atom. The number of hydrogen-bond donors (Lipinski definition) is 2. The lowest BCUT2D eigenvalue weighted by Crippen LogP contribution is -2.25. The van der Waals surface area contributed by atoms with Gasteiger partial charge in [-0.1, -0.05) is 6.92 Å². The topological polar surface area (TPSA) is 101 Å². The monoisotopic (exact) mass is 279 g/mol. The molecular formula is C13H17N3O4. The maximum Gasteiger partial charge on any atom is 0.293 e. The fourth-order valence-electron chi connectivity index (χ4n) is 1.59. The summed E-state index contributed by atoms with van der Waals surface area (Å²) in [7, 11) is 0. The van der Waals surface area contributed by atoms with E-state index in [0.29, 0.717) is 18.5 Å². The first-order chi connectivity index (χ1) is 9.58. The van der Waals surface area contributed by atoms with Crippen LogP contribution in [0.15, 0.2) is 18.2 Å². The lowest BCUT2D eigenvalue weighted by molar-refractivity contribution is -0.384. The van der Waals surface area contributed by atoms with Crippen LogP contribution in [-0.2, 0) is 4.79 Å². The van der Waals surface area contributed by atoms with E-state index in [4.69, 9.17) is 0 Å². The van der Waals surface area contributed by atoms with Gasteiger partial charge in [0.25, 0.3) is 5.69 Å². The molecule has 2 N–H and O–H groups in total. The predicted octanol–water partition coefficient (Wildman–Crippen LogP) is 1.74. The zero-order valence-corrected chi connectivity index (χ0v) is 11.2. The number of benzene rings is 1. The standard InChI is InChI=1S/C13H17N3O4/c1-2-6-15-13(18)5-7-14-11-4-3-10(9-17)8-12(11)16(19)20/h3-4,8-9,14H,2,5-7H2,1H3,(H,15,18). The third-order valence-electron chi connectivity index (χ3n) is 2.59. The smallest absolute Gasteiger partial charge is 0.293 e. The number of anilines is 1. The maximum atomic E-state index is 11.4. The second-order valence-corrected chi connectivity index (χ2v) is 4.18. The van der Waals surface area contributed by atoms with Crippen LogP contribution in [-0.4, -0.2) is 30.2 Å². The lowest BCUT2D eigenvalue weighted by atomic mass is 10.2. The molecule has 0 unspecified atom stereocenters. The molecule has 1 aromatic carbocycles. The summed E-state index contributed by atoms with van der Waals surface area (Å²) >= 11 is 0. The predicted molar refractivity (Wildman–Crippen MR) is 74.9 cm³/mol. The molecule has 1 aromatic rings. The van der Waals surface area contributed by atoms with Crippen LogP contribution in [0.2, 0.25) is 0 Å². The van der Waals surface area contributed by atoms with Crippen LogP contribution >= 0.6 is 0 Å². The number of aldehydes is 1. The molecule has 0 fully saturated rings. The molecule has 0 radical (unpaired) electrons. The molecule has 0 heterocycles. The van der Waals surface area contributed by atoms with Gasteiger partial charge in [-0.3, -0.25) is 19.7 Å². The van der Waals surface area contributed by atoms with Gasteiger partial charge in [-0.25, -0.2) is 0 Å². The largest absolute Gasteiger partial charge is 0.379 e. The Morgan fingerprint density at radius 1 is 1.40 bits per heavy atom. The Morgan fingerprint density at radius 3 is 2.75 bits per heavy atom. The van der Waals surface area contributed by atoms with Crippen LogP contribution in [0.4, 0.5) is 11.4 Å². The number of rotatable bonds is 8. The van der Waals surface area contributed by atoms with E-state index in [2.05, 4.69) is 10.6 Å². The van der Waals surface area contributed by atoms with Crippen molar-refractivity contribution in [2.75, 3.05) is 18.4 Å². The highest BCUT2D eigenvalue weighted by atomic mass is 16.6. The molecule has 0 aliphatic heterocycles. The Labute approximate surface area is 116 Å². The first-order valence-electron chi connectivity index (χ1n) is 6.32. The van der Waals surface area contributed by atoms with E-state index in [-0.39, 0.29) is 30.1 Å². The number of nitrogens with one attached hydrogen (secondary N) is 2. The van der Waals surface area contributed by atoms with Crippen molar-refractivity contribution >= 4 is 23.6 Å². The van der Waals surface area contributed by atoms with E-state index in [1.54, 1.807) is 0 Å². The maximum absolute atomic E-state index is 11.4. The van der Waals surface area contributed by atoms with Crippen LogP contribution in [0.1, 0.15) is 30.1 Å². The van der Waals surface area contributed by atoms with Crippen LogP contribution in [0.25, 0.3) is 0 Å². The summed E-state index contributed by atoms with van der Waals surface area (Å²) in [6, 6.07) is 4.15. The number of hydrogen-bond acceptors (Lipinski definition) is 5. The fourth-order valence-corrected chi connectivity index (χ4v) is 1.59. The SMILES string of the molecule is CCCNC(=O)CCNc1ccc(C=O)cc1[N+](=O)[O-]. The van der Waals surface area contributed by atoms with Crippen LogP contribution in [0.3, 0.4) is 0 Å². The Hall–Kier alpha value is -2.44. The van der Waals surface area contributed by atoms with E-state index >= 15 is 0 Å². The molecule has 0 aliphatic carbocycles. The first kappa shape index (κ1) is 15.6. The highest BCUT2D eigenvalue weighted by Crippen LogP contribution is 2.24. The first-order valence-corrected chi connectivity index (χ1v) is 6.32. The number of nitro benzene ring substituents is 1. The number of amides is 1. The zero-order valence-electron chi connectivity index (χ0n) is 11.2. The second-order valence-electron chi connectivity index (χ2n) is 4.18. The van der Waals surface area contributed by atoms with E-state index in [9.17, 15) is 19.7 Å². The number of carbonyl (C=O) groups excluding carboxylic acids is 2. The lowest BCUT2D eigenvalue weighted by Gasteiger charge is -2.07. The minimum atomic E-state index is -0.563. The Kier molecular flexibility index (Phi) is 6.15. The van der Waals surface area contributed by atoms with Gasteiger partial charge in [0.05, 0.1) is 4.92 Å². The summed E-state index contributed by atoms with van der Waals surface area (Å²) in [5.74, 6) is -0.105. The van der Waals surface area contributed by atoms with Crippen LogP contribution in [0.5, 0.6) is 0 Å². The molecule has 7 heteroatoms. The van der Waals surface area contributed by atoms with Crippen molar-refractivity contribution in [2.24, 2.45) is 0 Å². The van der Waals surface area contributed by atoms with Gasteiger partial charge in [0.1, 0.15) is 12.0 Å². The van der Waals surface area contributed by atoms with Gasteiger partial charge in [0, 0.05) is 31.1 Å². The minimum Gasteiger partial charge on any atom is -0.379 e. The Bertz CT molecular complexity index is 502. The molecule has 1 amide bonds. The average molecular weight is 279 g/mol. The van der Waals surface area contributed by atoms with Gasteiger partial charge in [0.2, 0.25) is 5.91 Å². The third kappa shape index (κ3) is 4.68. The van der Waals surface area contributed by atoms with Crippen molar-refractivity contribution in [1.82, 2.24) is 5.32 Å². The van der Waals surface area contributed by atoms with Crippen molar-refractivity contribution in [3.05, 3.63) is 33.9 Å². The van der Waals surface area contributed by atoms with E-state index in [0.717, 1.165) is 6.42 Å². The van der Waals surface area contributed by atoms with Crippen LogP contribution in [0, 0.1) is 10.1 Å². The van der Waals surface area contributed by atoms with Gasteiger partial charge in [0.15, 0.2) is 0 Å². The molecular weight excluding hydrogens is 262 g/mol. The molecule has 20 heavy (non-hydrogen) atoms. The Balaban J connectivity index is 2.61. The molecule has 0 aliphatic rings. The third-order valence-corrected chi connectivity index (χ3v) is 2.59. The molecule has 0 spiro atoms. The van der Waals surface area contributed by atoms with Crippen molar-refractivity contribution < 1.29 is 14.5 Å². The number of nitrogens with zero attached hydrogens (tertiary/aromatic N) is 1. The minimum absolute atomic E-state index is 0.105. The van der Waals surface area contributed by atoms with E-state index < -0.39 is 4.92 Å². The van der Waals surface area contributed by atoms with Crippen molar-refractivity contribution in [3.63, 3.8) is 0 Å². The van der Waals surface area contributed by atoms with Gasteiger partial charge < -0.3 is 10.6 Å². The van der Waals surface area contributed by atoms with Crippen molar-refractivity contribution in [1.29, 1.82) is 0 Å². The summed E-state index contributed by atoms with van der Waals surface area (Å²) in [5.41, 5.74) is 0.357. The molecule has 0 atom stereocenters. The number of nitro groups is 1. The summed E-state index contributed by atoms with van der Waals surface area (Å²) in [5, 5.41) is 16.4. The molecule has 0 saturated heterocycles. The summed E-state index contributed by atoms with van der Waals surface area (Å²) in [4.78, 5) is 32.3.